The van der Waals surface area contributed by atoms with Gasteiger partial charge in [-0.1, -0.05) is 44.5 Å². The van der Waals surface area contributed by atoms with Gasteiger partial charge in [0.25, 0.3) is 5.69 Å². The van der Waals surface area contributed by atoms with E-state index in [4.69, 9.17) is 4.74 Å². The van der Waals surface area contributed by atoms with Crippen LogP contribution in [0.5, 0.6) is 5.75 Å². The van der Waals surface area contributed by atoms with Gasteiger partial charge in [0.1, 0.15) is 11.3 Å². The van der Waals surface area contributed by atoms with Crippen molar-refractivity contribution in [1.82, 2.24) is 10.2 Å². The molecule has 0 radical (unpaired) electrons. The number of nitrogens with one attached hydrogen (secondary N) is 1. The van der Waals surface area contributed by atoms with Gasteiger partial charge in [-0.25, -0.2) is 0 Å². The van der Waals surface area contributed by atoms with E-state index in [0.717, 1.165) is 12.8 Å². The van der Waals surface area contributed by atoms with Crippen LogP contribution in [0.25, 0.3) is 0 Å². The summed E-state index contributed by atoms with van der Waals surface area (Å²) < 4.78 is 5.65. The third-order valence-electron chi connectivity index (χ3n) is 7.20. The summed E-state index contributed by atoms with van der Waals surface area (Å²) in [4.78, 5) is 51.8. The number of likely N-dealkylation sites (tertiary alicyclic amines) is 1. The molecule has 10 heteroatoms. The molecule has 2 heterocycles. The van der Waals surface area contributed by atoms with Gasteiger partial charge in [0, 0.05) is 31.1 Å². The molecule has 2 N–H and O–H groups in total. The summed E-state index contributed by atoms with van der Waals surface area (Å²) in [6.07, 6.45) is 2.14. The first-order valence-corrected chi connectivity index (χ1v) is 12.6. The zero-order valence-electron chi connectivity index (χ0n) is 20.9. The molecule has 2 fully saturated rings. The number of carbonyl (C=O) groups excluding carboxylic acids is 2. The Labute approximate surface area is 214 Å². The first-order valence-electron chi connectivity index (χ1n) is 12.6. The fourth-order valence-electron chi connectivity index (χ4n) is 5.37. The number of hydrogen-bond donors (Lipinski definition) is 2. The van der Waals surface area contributed by atoms with E-state index in [1.165, 1.54) is 29.2 Å². The van der Waals surface area contributed by atoms with Crippen molar-refractivity contribution in [3.05, 3.63) is 69.8 Å². The maximum absolute atomic E-state index is 13.6. The minimum absolute atomic E-state index is 0.115. The molecule has 2 aliphatic heterocycles. The predicted molar refractivity (Wildman–Crippen MR) is 134 cm³/mol. The SMILES string of the molecule is CCCCN1C(=O)C2C(c3ccc(OCCC)cc3)NC(Cc3ccc([N+](=O)[O-])cc3)(C(=O)O)C2C1=O. The molecule has 0 spiro atoms. The van der Waals surface area contributed by atoms with Crippen LogP contribution < -0.4 is 10.1 Å². The van der Waals surface area contributed by atoms with Crippen LogP contribution in [-0.4, -0.2) is 51.4 Å². The Morgan fingerprint density at radius 2 is 1.76 bits per heavy atom. The number of nitro benzene ring substituents is 1. The molecular formula is C27H31N3O7. The highest BCUT2D eigenvalue weighted by Crippen LogP contribution is 2.50. The first kappa shape index (κ1) is 26.3. The van der Waals surface area contributed by atoms with E-state index in [1.54, 1.807) is 24.3 Å². The number of carbonyl (C=O) groups is 3. The molecule has 2 aliphatic rings. The summed E-state index contributed by atoms with van der Waals surface area (Å²) in [6.45, 7) is 4.75. The Kier molecular flexibility index (Phi) is 7.58. The molecule has 4 rings (SSSR count). The lowest BCUT2D eigenvalue weighted by Crippen LogP contribution is -2.57. The molecule has 0 bridgehead atoms. The Morgan fingerprint density at radius 3 is 2.32 bits per heavy atom. The predicted octanol–water partition coefficient (Wildman–Crippen LogP) is 3.50. The van der Waals surface area contributed by atoms with Crippen LogP contribution in [0.3, 0.4) is 0 Å². The van der Waals surface area contributed by atoms with Gasteiger partial charge in [0.15, 0.2) is 0 Å². The van der Waals surface area contributed by atoms with Crippen LogP contribution >= 0.6 is 0 Å². The number of imide groups is 1. The van der Waals surface area contributed by atoms with E-state index in [1.807, 2.05) is 13.8 Å². The summed E-state index contributed by atoms with van der Waals surface area (Å²) >= 11 is 0. The highest BCUT2D eigenvalue weighted by molar-refractivity contribution is 6.09. The molecule has 4 unspecified atom stereocenters. The molecule has 0 saturated carbocycles. The van der Waals surface area contributed by atoms with Crippen molar-refractivity contribution in [1.29, 1.82) is 0 Å². The average molecular weight is 510 g/mol. The van der Waals surface area contributed by atoms with Crippen LogP contribution in [-0.2, 0) is 20.8 Å². The lowest BCUT2D eigenvalue weighted by molar-refractivity contribution is -0.384. The molecule has 4 atom stereocenters. The largest absolute Gasteiger partial charge is 0.494 e. The second-order valence-corrected chi connectivity index (χ2v) is 9.60. The minimum Gasteiger partial charge on any atom is -0.494 e. The zero-order chi connectivity index (χ0) is 26.7. The average Bonchev–Trinajstić information content (AvgIpc) is 3.36. The van der Waals surface area contributed by atoms with Gasteiger partial charge in [-0.2, -0.15) is 0 Å². The van der Waals surface area contributed by atoms with Gasteiger partial charge in [-0.15, -0.1) is 0 Å². The maximum Gasteiger partial charge on any atom is 0.325 e. The van der Waals surface area contributed by atoms with Gasteiger partial charge in [0.05, 0.1) is 23.4 Å². The Hall–Kier alpha value is -3.79. The number of carboxylic acid groups (broad SMARTS) is 1. The number of ether oxygens (including phenoxy) is 1. The van der Waals surface area contributed by atoms with Crippen LogP contribution in [0.1, 0.15) is 50.3 Å². The molecule has 196 valence electrons. The van der Waals surface area contributed by atoms with Gasteiger partial charge < -0.3 is 9.84 Å². The van der Waals surface area contributed by atoms with Crippen LogP contribution in [0.4, 0.5) is 5.69 Å². The van der Waals surface area contributed by atoms with Crippen molar-refractivity contribution < 1.29 is 29.2 Å². The smallest absolute Gasteiger partial charge is 0.325 e. The van der Waals surface area contributed by atoms with Gasteiger partial charge in [-0.05, 0) is 36.1 Å². The van der Waals surface area contributed by atoms with E-state index < -0.39 is 40.2 Å². The molecule has 2 saturated heterocycles. The van der Waals surface area contributed by atoms with Gasteiger partial charge in [0.2, 0.25) is 11.8 Å². The second-order valence-electron chi connectivity index (χ2n) is 9.60. The number of unbranched alkanes of at least 4 members (excludes halogenated alkanes) is 1. The van der Waals surface area contributed by atoms with Crippen molar-refractivity contribution in [3.8, 4) is 5.75 Å². The summed E-state index contributed by atoms with van der Waals surface area (Å²) in [5.41, 5.74) is -0.692. The number of non-ortho nitro benzene ring substituents is 1. The Balaban J connectivity index is 1.75. The standard InChI is InChI=1S/C27H31N3O7/c1-3-5-14-29-24(31)21-22(25(29)32)27(26(33)34,16-17-6-10-19(11-7-17)30(35)36)28-23(21)18-8-12-20(13-9-18)37-15-4-2/h6-13,21-23,28H,3-5,14-16H2,1-2H3,(H,33,34). The third kappa shape index (κ3) is 4.81. The van der Waals surface area contributed by atoms with Crippen molar-refractivity contribution in [2.75, 3.05) is 13.2 Å². The maximum atomic E-state index is 13.6. The molecule has 0 aliphatic carbocycles. The number of rotatable bonds is 11. The first-order chi connectivity index (χ1) is 17.7. The molecule has 0 aromatic heterocycles. The summed E-state index contributed by atoms with van der Waals surface area (Å²) in [5, 5.41) is 24.7. The lowest BCUT2D eigenvalue weighted by Gasteiger charge is -2.31. The molecule has 2 aromatic carbocycles. The van der Waals surface area contributed by atoms with Crippen LogP contribution in [0.2, 0.25) is 0 Å². The van der Waals surface area contributed by atoms with Crippen molar-refractivity contribution in [2.45, 2.75) is 51.1 Å². The normalized spacial score (nSPS) is 24.8. The Morgan fingerprint density at radius 1 is 1.08 bits per heavy atom. The highest BCUT2D eigenvalue weighted by Gasteiger charge is 2.68. The van der Waals surface area contributed by atoms with Crippen molar-refractivity contribution >= 4 is 23.5 Å². The fraction of sp³-hybridized carbons (Fsp3) is 0.444. The molecule has 2 amide bonds. The molecular weight excluding hydrogens is 478 g/mol. The monoisotopic (exact) mass is 509 g/mol. The zero-order valence-corrected chi connectivity index (χ0v) is 20.9. The summed E-state index contributed by atoms with van der Waals surface area (Å²) in [7, 11) is 0. The molecule has 37 heavy (non-hydrogen) atoms. The number of benzene rings is 2. The topological polar surface area (TPSA) is 139 Å². The van der Waals surface area contributed by atoms with Crippen molar-refractivity contribution in [2.24, 2.45) is 11.8 Å². The summed E-state index contributed by atoms with van der Waals surface area (Å²) in [5.74, 6) is -3.46. The van der Waals surface area contributed by atoms with Gasteiger partial charge >= 0.3 is 5.97 Å². The summed E-state index contributed by atoms with van der Waals surface area (Å²) in [6, 6.07) is 12.0. The third-order valence-corrected chi connectivity index (χ3v) is 7.20. The molecule has 10 nitrogen and oxygen atoms in total. The van der Waals surface area contributed by atoms with E-state index >= 15 is 0 Å². The van der Waals surface area contributed by atoms with Crippen LogP contribution in [0, 0.1) is 22.0 Å². The quantitative estimate of drug-likeness (QED) is 0.267. The minimum atomic E-state index is -1.77. The Bertz CT molecular complexity index is 1180. The number of hydrogen-bond acceptors (Lipinski definition) is 7. The van der Waals surface area contributed by atoms with Crippen LogP contribution in [0.15, 0.2) is 48.5 Å². The number of nitrogens with zero attached hydrogens (tertiary/aromatic N) is 2. The second kappa shape index (κ2) is 10.7. The van der Waals surface area contributed by atoms with E-state index in [0.29, 0.717) is 29.9 Å². The van der Waals surface area contributed by atoms with Gasteiger partial charge in [-0.3, -0.25) is 34.7 Å². The number of fused-ring (bicyclic) bond motifs is 1. The van der Waals surface area contributed by atoms with Crippen molar-refractivity contribution in [3.63, 3.8) is 0 Å². The lowest BCUT2D eigenvalue weighted by atomic mass is 9.76. The van der Waals surface area contributed by atoms with E-state index in [9.17, 15) is 29.6 Å². The number of aliphatic carboxylic acids is 1. The number of carboxylic acids is 1. The highest BCUT2D eigenvalue weighted by atomic mass is 16.6. The van der Waals surface area contributed by atoms with E-state index in [-0.39, 0.29) is 24.6 Å². The number of nitro groups is 1. The fourth-order valence-corrected chi connectivity index (χ4v) is 5.37. The van der Waals surface area contributed by atoms with E-state index in [2.05, 4.69) is 5.32 Å². The number of amides is 2. The molecule has 2 aromatic rings.